The Labute approximate surface area is 112 Å². The first-order chi connectivity index (χ1) is 9.10. The molecule has 1 aromatic carbocycles. The van der Waals surface area contributed by atoms with Crippen LogP contribution in [0.3, 0.4) is 0 Å². The number of hydrogen-bond donors (Lipinski definition) is 0. The summed E-state index contributed by atoms with van der Waals surface area (Å²) in [5.74, 6) is 0.618. The van der Waals surface area contributed by atoms with Crippen molar-refractivity contribution in [1.82, 2.24) is 0 Å². The Balaban J connectivity index is 2.77. The summed E-state index contributed by atoms with van der Waals surface area (Å²) < 4.78 is 15.0. The van der Waals surface area contributed by atoms with Crippen LogP contribution in [0, 0.1) is 11.3 Å². The number of hydrogen-bond acceptors (Lipinski definition) is 5. The van der Waals surface area contributed by atoms with Crippen LogP contribution in [-0.4, -0.2) is 26.3 Å². The molecule has 0 saturated heterocycles. The van der Waals surface area contributed by atoms with Crippen molar-refractivity contribution in [1.29, 1.82) is 5.26 Å². The van der Waals surface area contributed by atoms with E-state index in [0.717, 1.165) is 5.56 Å². The quantitative estimate of drug-likeness (QED) is 0.600. The third-order valence-corrected chi connectivity index (χ3v) is 2.29. The number of rotatable bonds is 5. The maximum absolute atomic E-state index is 11.3. The van der Waals surface area contributed by atoms with Gasteiger partial charge in [0.05, 0.1) is 14.2 Å². The lowest BCUT2D eigenvalue weighted by molar-refractivity contribution is -0.139. The van der Waals surface area contributed by atoms with Crippen molar-refractivity contribution in [2.24, 2.45) is 0 Å². The topological polar surface area (TPSA) is 68.5 Å². The van der Waals surface area contributed by atoms with E-state index in [1.807, 2.05) is 6.07 Å². The van der Waals surface area contributed by atoms with Gasteiger partial charge in [-0.25, -0.2) is 4.79 Å². The molecule has 1 unspecified atom stereocenters. The van der Waals surface area contributed by atoms with Gasteiger partial charge in [0.1, 0.15) is 6.07 Å². The van der Waals surface area contributed by atoms with E-state index in [0.29, 0.717) is 11.5 Å². The first-order valence-corrected chi connectivity index (χ1v) is 5.61. The molecule has 1 rings (SSSR count). The molecule has 0 aliphatic rings. The summed E-state index contributed by atoms with van der Waals surface area (Å²) in [7, 11) is 3.09. The summed E-state index contributed by atoms with van der Waals surface area (Å²) in [6.45, 7) is 1.50. The maximum Gasteiger partial charge on any atom is 0.332 e. The van der Waals surface area contributed by atoms with E-state index in [1.54, 1.807) is 31.4 Å². The second-order valence-electron chi connectivity index (χ2n) is 3.66. The molecule has 0 aromatic heterocycles. The first-order valence-electron chi connectivity index (χ1n) is 5.61. The highest BCUT2D eigenvalue weighted by Gasteiger charge is 2.05. The molecular weight excluding hydrogens is 246 g/mol. The van der Waals surface area contributed by atoms with Gasteiger partial charge in [-0.15, -0.1) is 0 Å². The van der Waals surface area contributed by atoms with Gasteiger partial charge in [0, 0.05) is 6.08 Å². The monoisotopic (exact) mass is 261 g/mol. The molecule has 0 amide bonds. The second-order valence-corrected chi connectivity index (χ2v) is 3.66. The van der Waals surface area contributed by atoms with Gasteiger partial charge >= 0.3 is 5.97 Å². The molecule has 0 bridgehead atoms. The van der Waals surface area contributed by atoms with Crippen LogP contribution in [0.2, 0.25) is 0 Å². The van der Waals surface area contributed by atoms with E-state index in [4.69, 9.17) is 19.5 Å². The van der Waals surface area contributed by atoms with Crippen LogP contribution in [0.4, 0.5) is 0 Å². The van der Waals surface area contributed by atoms with E-state index in [2.05, 4.69) is 0 Å². The molecule has 0 N–H and O–H groups in total. The second kappa shape index (κ2) is 7.07. The van der Waals surface area contributed by atoms with Gasteiger partial charge in [-0.05, 0) is 30.7 Å². The SMILES string of the molecule is COc1ccc(/C=C/C(=O)OC(C)C#N)cc1OC. The lowest BCUT2D eigenvalue weighted by Gasteiger charge is -2.07. The van der Waals surface area contributed by atoms with Crippen molar-refractivity contribution in [3.8, 4) is 17.6 Å². The Morgan fingerprint density at radius 2 is 2.00 bits per heavy atom. The van der Waals surface area contributed by atoms with Gasteiger partial charge in [0.25, 0.3) is 0 Å². The van der Waals surface area contributed by atoms with Gasteiger partial charge in [0.2, 0.25) is 0 Å². The molecule has 5 nitrogen and oxygen atoms in total. The molecular formula is C14H15NO4. The Hall–Kier alpha value is -2.48. The van der Waals surface area contributed by atoms with Crippen LogP contribution in [-0.2, 0) is 9.53 Å². The van der Waals surface area contributed by atoms with Gasteiger partial charge in [0.15, 0.2) is 17.6 Å². The lowest BCUT2D eigenvalue weighted by atomic mass is 10.2. The maximum atomic E-state index is 11.3. The zero-order valence-electron chi connectivity index (χ0n) is 11.0. The van der Waals surface area contributed by atoms with Crippen LogP contribution in [0.1, 0.15) is 12.5 Å². The standard InChI is InChI=1S/C14H15NO4/c1-10(9-15)19-14(16)7-5-11-4-6-12(17-2)13(8-11)18-3/h4-8,10H,1-3H3/b7-5+. The number of carbonyl (C=O) groups excluding carboxylic acids is 1. The molecule has 0 saturated carbocycles. The minimum atomic E-state index is -0.762. The molecule has 0 radical (unpaired) electrons. The van der Waals surface area contributed by atoms with Gasteiger partial charge in [-0.1, -0.05) is 6.07 Å². The summed E-state index contributed by atoms with van der Waals surface area (Å²) in [6, 6.07) is 7.06. The first kappa shape index (κ1) is 14.6. The fraction of sp³-hybridized carbons (Fsp3) is 0.286. The Morgan fingerprint density at radius 3 is 2.58 bits per heavy atom. The van der Waals surface area contributed by atoms with Crippen LogP contribution in [0.5, 0.6) is 11.5 Å². The van der Waals surface area contributed by atoms with Crippen molar-refractivity contribution in [2.75, 3.05) is 14.2 Å². The summed E-state index contributed by atoms with van der Waals surface area (Å²) in [4.78, 5) is 11.3. The number of esters is 1. The molecule has 19 heavy (non-hydrogen) atoms. The molecule has 0 heterocycles. The van der Waals surface area contributed by atoms with Crippen molar-refractivity contribution in [3.63, 3.8) is 0 Å². The third kappa shape index (κ3) is 4.36. The number of benzene rings is 1. The zero-order valence-corrected chi connectivity index (χ0v) is 11.0. The van der Waals surface area contributed by atoms with E-state index < -0.39 is 12.1 Å². The predicted octanol–water partition coefficient (Wildman–Crippen LogP) is 2.17. The fourth-order valence-corrected chi connectivity index (χ4v) is 1.36. The number of ether oxygens (including phenoxy) is 3. The van der Waals surface area contributed by atoms with E-state index in [9.17, 15) is 4.79 Å². The molecule has 1 aromatic rings. The van der Waals surface area contributed by atoms with Crippen molar-refractivity contribution >= 4 is 12.0 Å². The molecule has 0 aliphatic carbocycles. The normalized spacial score (nSPS) is 11.7. The predicted molar refractivity (Wildman–Crippen MR) is 69.7 cm³/mol. The summed E-state index contributed by atoms with van der Waals surface area (Å²) in [6.07, 6.45) is 2.08. The van der Waals surface area contributed by atoms with E-state index in [1.165, 1.54) is 20.1 Å². The summed E-state index contributed by atoms with van der Waals surface area (Å²) in [5, 5.41) is 8.51. The molecule has 1 atom stereocenters. The van der Waals surface area contributed by atoms with E-state index in [-0.39, 0.29) is 0 Å². The van der Waals surface area contributed by atoms with Crippen LogP contribution in [0.15, 0.2) is 24.3 Å². The number of nitrogens with zero attached hydrogens (tertiary/aromatic N) is 1. The average Bonchev–Trinajstić information content (AvgIpc) is 2.44. The smallest absolute Gasteiger partial charge is 0.332 e. The van der Waals surface area contributed by atoms with E-state index >= 15 is 0 Å². The van der Waals surface area contributed by atoms with Gasteiger partial charge in [-0.2, -0.15) is 5.26 Å². The summed E-state index contributed by atoms with van der Waals surface area (Å²) >= 11 is 0. The largest absolute Gasteiger partial charge is 0.493 e. The number of methoxy groups -OCH3 is 2. The molecule has 5 heteroatoms. The molecule has 100 valence electrons. The minimum Gasteiger partial charge on any atom is -0.493 e. The highest BCUT2D eigenvalue weighted by molar-refractivity contribution is 5.87. The highest BCUT2D eigenvalue weighted by atomic mass is 16.5. The van der Waals surface area contributed by atoms with Crippen LogP contribution in [0.25, 0.3) is 6.08 Å². The van der Waals surface area contributed by atoms with Gasteiger partial charge < -0.3 is 14.2 Å². The Kier molecular flexibility index (Phi) is 5.42. The fourth-order valence-electron chi connectivity index (χ4n) is 1.36. The highest BCUT2D eigenvalue weighted by Crippen LogP contribution is 2.27. The van der Waals surface area contributed by atoms with Crippen LogP contribution < -0.4 is 9.47 Å². The Morgan fingerprint density at radius 1 is 1.32 bits per heavy atom. The van der Waals surface area contributed by atoms with Gasteiger partial charge in [-0.3, -0.25) is 0 Å². The number of carbonyl (C=O) groups is 1. The third-order valence-electron chi connectivity index (χ3n) is 2.29. The summed E-state index contributed by atoms with van der Waals surface area (Å²) in [5.41, 5.74) is 0.763. The zero-order chi connectivity index (χ0) is 14.3. The molecule has 0 fully saturated rings. The van der Waals surface area contributed by atoms with Crippen molar-refractivity contribution < 1.29 is 19.0 Å². The van der Waals surface area contributed by atoms with Crippen LogP contribution >= 0.6 is 0 Å². The Bertz CT molecular complexity index is 517. The minimum absolute atomic E-state index is 0.566. The van der Waals surface area contributed by atoms with Crippen molar-refractivity contribution in [2.45, 2.75) is 13.0 Å². The van der Waals surface area contributed by atoms with Crippen molar-refractivity contribution in [3.05, 3.63) is 29.8 Å². The molecule has 0 spiro atoms. The molecule has 0 aliphatic heterocycles. The number of nitriles is 1. The average molecular weight is 261 g/mol. The lowest BCUT2D eigenvalue weighted by Crippen LogP contribution is -2.10.